The van der Waals surface area contributed by atoms with Gasteiger partial charge >= 0.3 is 0 Å². The maximum absolute atomic E-state index is 14.0. The van der Waals surface area contributed by atoms with E-state index >= 15 is 0 Å². The number of anilines is 1. The number of halogens is 1. The quantitative estimate of drug-likeness (QED) is 0.364. The highest BCUT2D eigenvalue weighted by atomic mass is 35.5. The zero-order valence-corrected chi connectivity index (χ0v) is 23.2. The fourth-order valence-corrected chi connectivity index (χ4v) is 5.11. The standard InChI is InChI=1S/C28H32ClN3O5S/c1-4-37-26-17-11-10-16-24(26)32(38(3,35)36)20-27(33)31(19-22-14-8-9-15-23(22)29)25(28(34)30-2)18-21-12-6-5-7-13-21/h5-17,25H,4,18-20H2,1-3H3,(H,30,34)/t25-/m1/s1. The summed E-state index contributed by atoms with van der Waals surface area (Å²) in [6.45, 7) is 1.58. The topological polar surface area (TPSA) is 96.0 Å². The molecule has 0 bridgehead atoms. The minimum absolute atomic E-state index is 0.00807. The summed E-state index contributed by atoms with van der Waals surface area (Å²) in [4.78, 5) is 28.5. The van der Waals surface area contributed by atoms with Crippen molar-refractivity contribution in [1.82, 2.24) is 10.2 Å². The van der Waals surface area contributed by atoms with Crippen LogP contribution in [-0.2, 0) is 32.6 Å². The minimum Gasteiger partial charge on any atom is -0.492 e. The van der Waals surface area contributed by atoms with Crippen LogP contribution in [0.1, 0.15) is 18.1 Å². The number of benzene rings is 3. The Kier molecular flexibility index (Phi) is 10.2. The molecule has 1 N–H and O–H groups in total. The third-order valence-electron chi connectivity index (χ3n) is 5.93. The third-order valence-corrected chi connectivity index (χ3v) is 7.42. The first-order valence-electron chi connectivity index (χ1n) is 12.1. The van der Waals surface area contributed by atoms with Crippen LogP contribution in [0.2, 0.25) is 5.02 Å². The molecule has 3 aromatic carbocycles. The summed E-state index contributed by atoms with van der Waals surface area (Å²) in [5, 5.41) is 3.08. The molecule has 0 aliphatic carbocycles. The van der Waals surface area contributed by atoms with Crippen LogP contribution in [0.5, 0.6) is 5.75 Å². The summed E-state index contributed by atoms with van der Waals surface area (Å²) in [6.07, 6.45) is 1.26. The Balaban J connectivity index is 2.06. The molecule has 0 unspecified atom stereocenters. The highest BCUT2D eigenvalue weighted by Gasteiger charge is 2.33. The first-order valence-corrected chi connectivity index (χ1v) is 14.4. The van der Waals surface area contributed by atoms with E-state index in [1.165, 1.54) is 11.9 Å². The number of hydrogen-bond acceptors (Lipinski definition) is 5. The lowest BCUT2D eigenvalue weighted by Gasteiger charge is -2.33. The Morgan fingerprint density at radius 3 is 2.24 bits per heavy atom. The van der Waals surface area contributed by atoms with Crippen LogP contribution in [0.15, 0.2) is 78.9 Å². The van der Waals surface area contributed by atoms with E-state index in [0.717, 1.165) is 16.1 Å². The fourth-order valence-electron chi connectivity index (χ4n) is 4.07. The molecule has 0 radical (unpaired) electrons. The summed E-state index contributed by atoms with van der Waals surface area (Å²) in [7, 11) is -2.40. The van der Waals surface area contributed by atoms with Gasteiger partial charge in [-0.25, -0.2) is 8.42 Å². The largest absolute Gasteiger partial charge is 0.492 e. The molecule has 202 valence electrons. The SMILES string of the molecule is CCOc1ccccc1N(CC(=O)N(Cc1ccccc1Cl)[C@H](Cc1ccccc1)C(=O)NC)S(C)(=O)=O. The molecular weight excluding hydrogens is 526 g/mol. The van der Waals surface area contributed by atoms with Crippen LogP contribution < -0.4 is 14.4 Å². The number of likely N-dealkylation sites (N-methyl/N-ethyl adjacent to an activating group) is 1. The summed E-state index contributed by atoms with van der Waals surface area (Å²) in [5.74, 6) is -0.612. The molecule has 0 aromatic heterocycles. The van der Waals surface area contributed by atoms with E-state index < -0.39 is 28.5 Å². The van der Waals surface area contributed by atoms with Crippen molar-refractivity contribution in [1.29, 1.82) is 0 Å². The van der Waals surface area contributed by atoms with Crippen LogP contribution in [0.3, 0.4) is 0 Å². The van der Waals surface area contributed by atoms with Gasteiger partial charge in [0.05, 0.1) is 18.6 Å². The lowest BCUT2D eigenvalue weighted by molar-refractivity contribution is -0.139. The van der Waals surface area contributed by atoms with Crippen LogP contribution in [-0.4, -0.2) is 57.6 Å². The zero-order chi connectivity index (χ0) is 27.7. The smallest absolute Gasteiger partial charge is 0.244 e. The number of carbonyl (C=O) groups is 2. The second-order valence-electron chi connectivity index (χ2n) is 8.60. The monoisotopic (exact) mass is 557 g/mol. The molecule has 1 atom stereocenters. The Morgan fingerprint density at radius 1 is 0.974 bits per heavy atom. The molecule has 3 rings (SSSR count). The van der Waals surface area contributed by atoms with Gasteiger partial charge in [-0.15, -0.1) is 0 Å². The van der Waals surface area contributed by atoms with Gasteiger partial charge in [-0.3, -0.25) is 13.9 Å². The van der Waals surface area contributed by atoms with Crippen molar-refractivity contribution in [2.24, 2.45) is 0 Å². The first-order chi connectivity index (χ1) is 18.2. The van der Waals surface area contributed by atoms with E-state index in [4.69, 9.17) is 16.3 Å². The molecule has 0 saturated carbocycles. The zero-order valence-electron chi connectivity index (χ0n) is 21.6. The number of nitrogens with zero attached hydrogens (tertiary/aromatic N) is 2. The number of para-hydroxylation sites is 2. The fraction of sp³-hybridized carbons (Fsp3) is 0.286. The normalized spacial score (nSPS) is 11.9. The van der Waals surface area contributed by atoms with Crippen molar-refractivity contribution in [3.63, 3.8) is 0 Å². The highest BCUT2D eigenvalue weighted by molar-refractivity contribution is 7.92. The van der Waals surface area contributed by atoms with Crippen LogP contribution >= 0.6 is 11.6 Å². The molecule has 0 aliphatic heterocycles. The van der Waals surface area contributed by atoms with Gasteiger partial charge in [0.15, 0.2) is 0 Å². The van der Waals surface area contributed by atoms with Gasteiger partial charge in [-0.05, 0) is 36.2 Å². The van der Waals surface area contributed by atoms with Gasteiger partial charge in [0.1, 0.15) is 18.3 Å². The Hall–Kier alpha value is -3.56. The van der Waals surface area contributed by atoms with Crippen LogP contribution in [0.25, 0.3) is 0 Å². The maximum Gasteiger partial charge on any atom is 0.244 e. The van der Waals surface area contributed by atoms with Gasteiger partial charge in [0.25, 0.3) is 0 Å². The maximum atomic E-state index is 14.0. The van der Waals surface area contributed by atoms with Crippen molar-refractivity contribution in [2.45, 2.75) is 25.9 Å². The lowest BCUT2D eigenvalue weighted by Crippen LogP contribution is -2.53. The summed E-state index contributed by atoms with van der Waals surface area (Å²) >= 11 is 6.42. The molecule has 2 amide bonds. The lowest BCUT2D eigenvalue weighted by atomic mass is 10.0. The summed E-state index contributed by atoms with van der Waals surface area (Å²) < 4.78 is 32.5. The van der Waals surface area contributed by atoms with Gasteiger partial charge in [-0.1, -0.05) is 72.3 Å². The minimum atomic E-state index is -3.90. The van der Waals surface area contributed by atoms with Crippen molar-refractivity contribution >= 4 is 39.1 Å². The van der Waals surface area contributed by atoms with Gasteiger partial charge in [-0.2, -0.15) is 0 Å². The molecule has 8 nitrogen and oxygen atoms in total. The van der Waals surface area contributed by atoms with Crippen molar-refractivity contribution in [3.05, 3.63) is 95.0 Å². The van der Waals surface area contributed by atoms with Gasteiger partial charge in [0, 0.05) is 25.0 Å². The number of hydrogen-bond donors (Lipinski definition) is 1. The number of nitrogens with one attached hydrogen (secondary N) is 1. The number of ether oxygens (including phenoxy) is 1. The van der Waals surface area contributed by atoms with Crippen molar-refractivity contribution in [2.75, 3.05) is 30.8 Å². The molecule has 10 heteroatoms. The number of sulfonamides is 1. The third kappa shape index (κ3) is 7.49. The van der Waals surface area contributed by atoms with E-state index in [0.29, 0.717) is 22.9 Å². The molecule has 0 aliphatic rings. The second-order valence-corrected chi connectivity index (χ2v) is 10.9. The Morgan fingerprint density at radius 2 is 1.61 bits per heavy atom. The summed E-state index contributed by atoms with van der Waals surface area (Å²) in [5.41, 5.74) is 1.72. The molecule has 0 fully saturated rings. The van der Waals surface area contributed by atoms with Gasteiger partial charge in [0.2, 0.25) is 21.8 Å². The molecule has 3 aromatic rings. The average molecular weight is 558 g/mol. The Bertz CT molecular complexity index is 1350. The molecule has 0 heterocycles. The van der Waals surface area contributed by atoms with E-state index in [-0.39, 0.29) is 24.6 Å². The molecular formula is C28H32ClN3O5S. The Labute approximate surface area is 229 Å². The summed E-state index contributed by atoms with van der Waals surface area (Å²) in [6, 6.07) is 22.0. The van der Waals surface area contributed by atoms with Crippen LogP contribution in [0, 0.1) is 0 Å². The highest BCUT2D eigenvalue weighted by Crippen LogP contribution is 2.30. The predicted octanol–water partition coefficient (Wildman–Crippen LogP) is 3.89. The first kappa shape index (κ1) is 29.0. The van der Waals surface area contributed by atoms with Gasteiger partial charge < -0.3 is 15.0 Å². The number of carbonyl (C=O) groups excluding carboxylic acids is 2. The van der Waals surface area contributed by atoms with E-state index in [9.17, 15) is 18.0 Å². The number of rotatable bonds is 12. The predicted molar refractivity (Wildman–Crippen MR) is 150 cm³/mol. The second kappa shape index (κ2) is 13.3. The van der Waals surface area contributed by atoms with E-state index in [1.807, 2.05) is 30.3 Å². The molecule has 0 spiro atoms. The van der Waals surface area contributed by atoms with E-state index in [1.54, 1.807) is 55.5 Å². The number of amides is 2. The van der Waals surface area contributed by atoms with Crippen molar-refractivity contribution in [3.8, 4) is 5.75 Å². The average Bonchev–Trinajstić information content (AvgIpc) is 2.90. The van der Waals surface area contributed by atoms with Crippen molar-refractivity contribution < 1.29 is 22.7 Å². The molecule has 0 saturated heterocycles. The van der Waals surface area contributed by atoms with Crippen LogP contribution in [0.4, 0.5) is 5.69 Å². The van der Waals surface area contributed by atoms with E-state index in [2.05, 4.69) is 5.32 Å². The molecule has 38 heavy (non-hydrogen) atoms.